The van der Waals surface area contributed by atoms with Gasteiger partial charge in [-0.2, -0.15) is 0 Å². The molecule has 0 fully saturated rings. The smallest absolute Gasteiger partial charge is 0.309 e. The molecule has 0 amide bonds. The normalized spacial score (nSPS) is 11.2. The summed E-state index contributed by atoms with van der Waals surface area (Å²) in [6.07, 6.45) is 2.42. The second kappa shape index (κ2) is 5.85. The second-order valence-electron chi connectivity index (χ2n) is 3.66. The van der Waals surface area contributed by atoms with Crippen molar-refractivity contribution >= 4 is 48.4 Å². The molecule has 0 bridgehead atoms. The van der Waals surface area contributed by atoms with Gasteiger partial charge in [-0.3, -0.25) is 14.5 Å². The lowest BCUT2D eigenvalue weighted by Gasteiger charge is -2.04. The number of carboxylic acid groups (broad SMARTS) is 1. The maximum atomic E-state index is 12.1. The van der Waals surface area contributed by atoms with Gasteiger partial charge >= 0.3 is 5.97 Å². The van der Waals surface area contributed by atoms with E-state index in [2.05, 4.69) is 30.6 Å². The monoisotopic (exact) mass is 377 g/mol. The van der Waals surface area contributed by atoms with Gasteiger partial charge in [0.15, 0.2) is 5.13 Å². The molecule has 0 atom stereocenters. The Morgan fingerprint density at radius 2 is 2.20 bits per heavy atom. The second-order valence-corrected chi connectivity index (χ2v) is 7.12. The molecule has 0 unspecified atom stereocenters. The minimum absolute atomic E-state index is 0.0122. The lowest BCUT2D eigenvalue weighted by molar-refractivity contribution is -0.136. The van der Waals surface area contributed by atoms with Crippen LogP contribution in [0.5, 0.6) is 0 Å². The molecule has 7 nitrogen and oxygen atoms in total. The Hall–Kier alpha value is -1.52. The minimum atomic E-state index is -3.79. The summed E-state index contributed by atoms with van der Waals surface area (Å²) in [5, 5.41) is 10.2. The summed E-state index contributed by atoms with van der Waals surface area (Å²) in [4.78, 5) is 18.2. The first-order valence-electron chi connectivity index (χ1n) is 5.16. The van der Waals surface area contributed by atoms with E-state index in [4.69, 9.17) is 5.11 Å². The zero-order valence-corrected chi connectivity index (χ0v) is 13.0. The molecule has 0 aliphatic carbocycles. The van der Waals surface area contributed by atoms with Crippen molar-refractivity contribution < 1.29 is 18.3 Å². The van der Waals surface area contributed by atoms with Crippen molar-refractivity contribution in [3.63, 3.8) is 0 Å². The van der Waals surface area contributed by atoms with Gasteiger partial charge in [0.2, 0.25) is 0 Å². The average molecular weight is 378 g/mol. The molecule has 2 N–H and O–H groups in total. The first-order valence-corrected chi connectivity index (χ1v) is 8.32. The molecule has 0 aliphatic heterocycles. The summed E-state index contributed by atoms with van der Waals surface area (Å²) < 4.78 is 26.9. The molecule has 0 aliphatic rings. The predicted octanol–water partition coefficient (Wildman–Crippen LogP) is 1.73. The Bertz CT molecular complexity index is 744. The Labute approximate surface area is 126 Å². The largest absolute Gasteiger partial charge is 0.481 e. The summed E-state index contributed by atoms with van der Waals surface area (Å²) in [7, 11) is -3.79. The number of nitrogens with one attached hydrogen (secondary N) is 1. The van der Waals surface area contributed by atoms with Gasteiger partial charge in [-0.05, 0) is 22.0 Å². The van der Waals surface area contributed by atoms with E-state index >= 15 is 0 Å². The number of thiazole rings is 1. The first-order chi connectivity index (χ1) is 9.37. The van der Waals surface area contributed by atoms with Crippen molar-refractivity contribution in [1.82, 2.24) is 9.97 Å². The molecule has 0 aromatic carbocycles. The van der Waals surface area contributed by atoms with Gasteiger partial charge in [0.1, 0.15) is 4.90 Å². The van der Waals surface area contributed by atoms with Crippen LogP contribution < -0.4 is 4.72 Å². The van der Waals surface area contributed by atoms with Crippen molar-refractivity contribution in [3.05, 3.63) is 34.0 Å². The summed E-state index contributed by atoms with van der Waals surface area (Å²) >= 11 is 4.16. The fraction of sp³-hybridized carbons (Fsp3) is 0.100. The summed E-state index contributed by atoms with van der Waals surface area (Å²) in [5.41, 5.74) is 0.299. The first kappa shape index (κ1) is 14.9. The van der Waals surface area contributed by atoms with E-state index in [0.717, 1.165) is 11.3 Å². The van der Waals surface area contributed by atoms with Crippen LogP contribution in [0.25, 0.3) is 0 Å². The Morgan fingerprint density at radius 1 is 1.45 bits per heavy atom. The number of rotatable bonds is 5. The van der Waals surface area contributed by atoms with Gasteiger partial charge in [-0.25, -0.2) is 13.4 Å². The highest BCUT2D eigenvalue weighted by Crippen LogP contribution is 2.21. The zero-order chi connectivity index (χ0) is 14.8. The van der Waals surface area contributed by atoms with E-state index in [0.29, 0.717) is 10.2 Å². The van der Waals surface area contributed by atoms with E-state index in [9.17, 15) is 13.2 Å². The van der Waals surface area contributed by atoms with Crippen LogP contribution >= 0.6 is 27.3 Å². The number of aromatic nitrogens is 2. The Kier molecular flexibility index (Phi) is 4.35. The molecule has 0 saturated carbocycles. The van der Waals surface area contributed by atoms with Gasteiger partial charge in [0, 0.05) is 22.2 Å². The van der Waals surface area contributed by atoms with Crippen LogP contribution in [-0.4, -0.2) is 29.5 Å². The van der Waals surface area contributed by atoms with Crippen molar-refractivity contribution in [1.29, 1.82) is 0 Å². The molecular formula is C10H8BrN3O4S2. The van der Waals surface area contributed by atoms with Gasteiger partial charge in [0.25, 0.3) is 10.0 Å². The van der Waals surface area contributed by atoms with Gasteiger partial charge < -0.3 is 5.11 Å². The van der Waals surface area contributed by atoms with Crippen LogP contribution in [0.2, 0.25) is 0 Å². The molecule has 2 heterocycles. The molecule has 2 aromatic heterocycles. The van der Waals surface area contributed by atoms with Crippen LogP contribution in [-0.2, 0) is 21.2 Å². The van der Waals surface area contributed by atoms with Crippen LogP contribution in [0.3, 0.4) is 0 Å². The molecule has 2 aromatic rings. The van der Waals surface area contributed by atoms with Crippen molar-refractivity contribution in [2.45, 2.75) is 11.3 Å². The highest BCUT2D eigenvalue weighted by molar-refractivity contribution is 9.10. The van der Waals surface area contributed by atoms with Crippen molar-refractivity contribution in [3.8, 4) is 0 Å². The standard InChI is InChI=1S/C10H8BrN3O4S2/c11-6-1-8(4-12-3-6)20(17,18)14-10-13-7(5-19-10)2-9(15)16/h1,3-5H,2H2,(H,13,14)(H,15,16). The maximum absolute atomic E-state index is 12.1. The third-order valence-corrected chi connectivity index (χ3v) is 4.77. The number of carbonyl (C=O) groups is 1. The van der Waals surface area contributed by atoms with Crippen LogP contribution in [0, 0.1) is 0 Å². The highest BCUT2D eigenvalue weighted by atomic mass is 79.9. The number of hydrogen-bond acceptors (Lipinski definition) is 6. The number of carboxylic acids is 1. The van der Waals surface area contributed by atoms with E-state index in [-0.39, 0.29) is 16.4 Å². The topological polar surface area (TPSA) is 109 Å². The lowest BCUT2D eigenvalue weighted by atomic mass is 10.3. The molecule has 0 saturated heterocycles. The fourth-order valence-electron chi connectivity index (χ4n) is 1.30. The number of halogens is 1. The number of sulfonamides is 1. The maximum Gasteiger partial charge on any atom is 0.309 e. The van der Waals surface area contributed by atoms with Gasteiger partial charge in [-0.1, -0.05) is 0 Å². The summed E-state index contributed by atoms with van der Waals surface area (Å²) in [6.45, 7) is 0. The lowest BCUT2D eigenvalue weighted by Crippen LogP contribution is -2.13. The van der Waals surface area contributed by atoms with Crippen LogP contribution in [0.4, 0.5) is 5.13 Å². The van der Waals surface area contributed by atoms with Crippen molar-refractivity contribution in [2.24, 2.45) is 0 Å². The third kappa shape index (κ3) is 3.74. The summed E-state index contributed by atoms with van der Waals surface area (Å²) in [5.74, 6) is -1.03. The molecule has 106 valence electrons. The molecule has 0 spiro atoms. The van der Waals surface area contributed by atoms with E-state index in [1.807, 2.05) is 0 Å². The van der Waals surface area contributed by atoms with Crippen molar-refractivity contribution in [2.75, 3.05) is 4.72 Å². The highest BCUT2D eigenvalue weighted by Gasteiger charge is 2.17. The van der Waals surface area contributed by atoms with Gasteiger partial charge in [-0.15, -0.1) is 11.3 Å². The van der Waals surface area contributed by atoms with Gasteiger partial charge in [0.05, 0.1) is 12.1 Å². The molecule has 20 heavy (non-hydrogen) atoms. The molecule has 0 radical (unpaired) electrons. The summed E-state index contributed by atoms with van der Waals surface area (Å²) in [6, 6.07) is 1.40. The SMILES string of the molecule is O=C(O)Cc1csc(NS(=O)(=O)c2cncc(Br)c2)n1. The number of pyridine rings is 1. The average Bonchev–Trinajstić information content (AvgIpc) is 2.74. The Balaban J connectivity index is 2.20. The molecular weight excluding hydrogens is 370 g/mol. The van der Waals surface area contributed by atoms with E-state index < -0.39 is 16.0 Å². The predicted molar refractivity (Wildman–Crippen MR) is 76.2 cm³/mol. The number of hydrogen-bond donors (Lipinski definition) is 2. The molecule has 2 rings (SSSR count). The number of aliphatic carboxylic acids is 1. The van der Waals surface area contributed by atoms with E-state index in [1.165, 1.54) is 23.8 Å². The zero-order valence-electron chi connectivity index (χ0n) is 9.78. The molecule has 10 heteroatoms. The third-order valence-electron chi connectivity index (χ3n) is 2.10. The Morgan fingerprint density at radius 3 is 2.85 bits per heavy atom. The number of nitrogens with zero attached hydrogens (tertiary/aromatic N) is 2. The van der Waals surface area contributed by atoms with Crippen LogP contribution in [0.15, 0.2) is 33.2 Å². The fourth-order valence-corrected chi connectivity index (χ4v) is 3.77. The minimum Gasteiger partial charge on any atom is -0.481 e. The van der Waals surface area contributed by atoms with E-state index in [1.54, 1.807) is 0 Å². The quantitative estimate of drug-likeness (QED) is 0.820. The van der Waals surface area contributed by atoms with Crippen LogP contribution in [0.1, 0.15) is 5.69 Å². The number of anilines is 1.